The number of anilines is 1. The number of aryl methyl sites for hydroxylation is 1. The number of carboxylic acid groups (broad SMARTS) is 1. The predicted octanol–water partition coefficient (Wildman–Crippen LogP) is 3.22. The number of carbonyl (C=O) groups is 1. The minimum Gasteiger partial charge on any atom is -0.478 e. The third-order valence-corrected chi connectivity index (χ3v) is 2.90. The van der Waals surface area contributed by atoms with Crippen LogP contribution in [0.5, 0.6) is 0 Å². The number of nitrogen functional groups attached to an aromatic ring is 1. The second-order valence-electron chi connectivity index (χ2n) is 4.16. The van der Waals surface area contributed by atoms with Gasteiger partial charge in [0.2, 0.25) is 0 Å². The van der Waals surface area contributed by atoms with Gasteiger partial charge in [0.25, 0.3) is 0 Å². The number of aromatic carboxylic acids is 1. The first-order valence-electron chi connectivity index (χ1n) is 5.49. The summed E-state index contributed by atoms with van der Waals surface area (Å²) in [6.07, 6.45) is 0. The number of benzene rings is 2. The fourth-order valence-electron chi connectivity index (χ4n) is 1.82. The van der Waals surface area contributed by atoms with Crippen LogP contribution in [0.1, 0.15) is 15.9 Å². The summed E-state index contributed by atoms with van der Waals surface area (Å²) in [6, 6.07) is 6.63. The van der Waals surface area contributed by atoms with E-state index in [9.17, 15) is 13.6 Å². The van der Waals surface area contributed by atoms with Gasteiger partial charge in [-0.15, -0.1) is 0 Å². The Morgan fingerprint density at radius 1 is 1.16 bits per heavy atom. The lowest BCUT2D eigenvalue weighted by atomic mass is 9.97. The summed E-state index contributed by atoms with van der Waals surface area (Å²) in [4.78, 5) is 10.9. The molecule has 0 aliphatic heterocycles. The molecule has 0 radical (unpaired) electrons. The molecule has 3 nitrogen and oxygen atoms in total. The van der Waals surface area contributed by atoms with Crippen LogP contribution in [0.25, 0.3) is 11.1 Å². The molecular formula is C14H11F2NO2. The van der Waals surface area contributed by atoms with E-state index < -0.39 is 23.3 Å². The molecule has 0 aliphatic carbocycles. The van der Waals surface area contributed by atoms with Gasteiger partial charge >= 0.3 is 5.97 Å². The van der Waals surface area contributed by atoms with E-state index in [1.165, 1.54) is 18.2 Å². The second-order valence-corrected chi connectivity index (χ2v) is 4.16. The van der Waals surface area contributed by atoms with Crippen molar-refractivity contribution in [1.29, 1.82) is 0 Å². The molecule has 0 aromatic heterocycles. The number of rotatable bonds is 2. The molecule has 19 heavy (non-hydrogen) atoms. The Balaban J connectivity index is 2.68. The van der Waals surface area contributed by atoms with Crippen LogP contribution in [-0.4, -0.2) is 11.1 Å². The molecule has 0 saturated carbocycles. The van der Waals surface area contributed by atoms with Gasteiger partial charge in [-0.05, 0) is 42.3 Å². The van der Waals surface area contributed by atoms with Crippen molar-refractivity contribution < 1.29 is 18.7 Å². The van der Waals surface area contributed by atoms with Crippen molar-refractivity contribution in [3.63, 3.8) is 0 Å². The summed E-state index contributed by atoms with van der Waals surface area (Å²) in [5, 5.41) is 8.94. The molecule has 2 aromatic rings. The maximum Gasteiger partial charge on any atom is 0.335 e. The Bertz CT molecular complexity index is 669. The second kappa shape index (κ2) is 4.68. The summed E-state index contributed by atoms with van der Waals surface area (Å²) < 4.78 is 27.1. The van der Waals surface area contributed by atoms with Crippen LogP contribution in [-0.2, 0) is 0 Å². The average Bonchev–Trinajstić information content (AvgIpc) is 2.37. The normalized spacial score (nSPS) is 10.5. The zero-order valence-electron chi connectivity index (χ0n) is 10.1. The molecule has 5 heteroatoms. The highest BCUT2D eigenvalue weighted by molar-refractivity contribution is 5.90. The van der Waals surface area contributed by atoms with Gasteiger partial charge in [-0.2, -0.15) is 0 Å². The molecule has 0 bridgehead atoms. The SMILES string of the molecule is Cc1ccc(C(=O)O)cc1-c1ccc(F)c(N)c1F. The van der Waals surface area contributed by atoms with E-state index in [0.717, 1.165) is 6.07 Å². The third kappa shape index (κ3) is 2.27. The van der Waals surface area contributed by atoms with Gasteiger partial charge in [0, 0.05) is 5.56 Å². The summed E-state index contributed by atoms with van der Waals surface area (Å²) in [5.41, 5.74) is 5.90. The van der Waals surface area contributed by atoms with E-state index in [4.69, 9.17) is 10.8 Å². The smallest absolute Gasteiger partial charge is 0.335 e. The van der Waals surface area contributed by atoms with Crippen molar-refractivity contribution in [2.24, 2.45) is 0 Å². The first-order chi connectivity index (χ1) is 8.91. The Kier molecular flexibility index (Phi) is 3.21. The van der Waals surface area contributed by atoms with E-state index in [2.05, 4.69) is 0 Å². The van der Waals surface area contributed by atoms with Gasteiger partial charge in [0.05, 0.1) is 5.56 Å². The highest BCUT2D eigenvalue weighted by Crippen LogP contribution is 2.31. The number of halogens is 2. The van der Waals surface area contributed by atoms with Gasteiger partial charge in [0.1, 0.15) is 11.5 Å². The molecule has 2 aromatic carbocycles. The van der Waals surface area contributed by atoms with Crippen molar-refractivity contribution >= 4 is 11.7 Å². The molecule has 0 unspecified atom stereocenters. The van der Waals surface area contributed by atoms with E-state index in [1.807, 2.05) is 0 Å². The lowest BCUT2D eigenvalue weighted by molar-refractivity contribution is 0.0697. The maximum absolute atomic E-state index is 13.9. The first-order valence-corrected chi connectivity index (χ1v) is 5.49. The Hall–Kier alpha value is -2.43. The monoisotopic (exact) mass is 263 g/mol. The van der Waals surface area contributed by atoms with Crippen LogP contribution in [0.2, 0.25) is 0 Å². The maximum atomic E-state index is 13.9. The fourth-order valence-corrected chi connectivity index (χ4v) is 1.82. The number of carboxylic acids is 1. The topological polar surface area (TPSA) is 63.3 Å². The number of hydrogen-bond donors (Lipinski definition) is 2. The van der Waals surface area contributed by atoms with Gasteiger partial charge < -0.3 is 10.8 Å². The lowest BCUT2D eigenvalue weighted by Gasteiger charge is -2.10. The molecule has 0 fully saturated rings. The summed E-state index contributed by atoms with van der Waals surface area (Å²) >= 11 is 0. The largest absolute Gasteiger partial charge is 0.478 e. The summed E-state index contributed by atoms with van der Waals surface area (Å²) in [7, 11) is 0. The molecule has 0 aliphatic rings. The number of nitrogens with two attached hydrogens (primary N) is 1. The molecule has 98 valence electrons. The Morgan fingerprint density at radius 2 is 1.84 bits per heavy atom. The summed E-state index contributed by atoms with van der Waals surface area (Å²) in [5.74, 6) is -2.84. The standard InChI is InChI=1S/C14H11F2NO2/c1-7-2-3-8(14(18)19)6-10(7)9-4-5-11(15)13(17)12(9)16/h2-6H,17H2,1H3,(H,18,19). The van der Waals surface area contributed by atoms with Gasteiger partial charge in [-0.25, -0.2) is 13.6 Å². The van der Waals surface area contributed by atoms with Gasteiger partial charge in [-0.3, -0.25) is 0 Å². The fraction of sp³-hybridized carbons (Fsp3) is 0.0714. The first kappa shape index (κ1) is 13.0. The van der Waals surface area contributed by atoms with E-state index in [-0.39, 0.29) is 11.1 Å². The molecule has 0 atom stereocenters. The quantitative estimate of drug-likeness (QED) is 0.818. The van der Waals surface area contributed by atoms with E-state index >= 15 is 0 Å². The van der Waals surface area contributed by atoms with Crippen LogP contribution in [0.3, 0.4) is 0 Å². The van der Waals surface area contributed by atoms with Crippen LogP contribution in [0.4, 0.5) is 14.5 Å². The van der Waals surface area contributed by atoms with Crippen molar-refractivity contribution in [1.82, 2.24) is 0 Å². The van der Waals surface area contributed by atoms with E-state index in [0.29, 0.717) is 11.1 Å². The van der Waals surface area contributed by atoms with Crippen molar-refractivity contribution in [3.8, 4) is 11.1 Å². The minimum atomic E-state index is -1.11. The predicted molar refractivity (Wildman–Crippen MR) is 67.9 cm³/mol. The van der Waals surface area contributed by atoms with Crippen LogP contribution >= 0.6 is 0 Å². The minimum absolute atomic E-state index is 0.0305. The Morgan fingerprint density at radius 3 is 2.47 bits per heavy atom. The van der Waals surface area contributed by atoms with Crippen molar-refractivity contribution in [2.75, 3.05) is 5.73 Å². The third-order valence-electron chi connectivity index (χ3n) is 2.90. The van der Waals surface area contributed by atoms with Crippen LogP contribution in [0, 0.1) is 18.6 Å². The van der Waals surface area contributed by atoms with Crippen molar-refractivity contribution in [3.05, 3.63) is 53.1 Å². The van der Waals surface area contributed by atoms with Crippen molar-refractivity contribution in [2.45, 2.75) is 6.92 Å². The average molecular weight is 263 g/mol. The molecule has 3 N–H and O–H groups in total. The van der Waals surface area contributed by atoms with Gasteiger partial charge in [0.15, 0.2) is 5.82 Å². The van der Waals surface area contributed by atoms with E-state index in [1.54, 1.807) is 13.0 Å². The molecule has 0 amide bonds. The zero-order chi connectivity index (χ0) is 14.2. The number of hydrogen-bond acceptors (Lipinski definition) is 2. The summed E-state index contributed by atoms with van der Waals surface area (Å²) in [6.45, 7) is 1.71. The molecule has 0 saturated heterocycles. The van der Waals surface area contributed by atoms with Crippen LogP contribution in [0.15, 0.2) is 30.3 Å². The Labute approximate surface area is 108 Å². The van der Waals surface area contributed by atoms with Crippen LogP contribution < -0.4 is 5.73 Å². The highest BCUT2D eigenvalue weighted by atomic mass is 19.1. The molecular weight excluding hydrogens is 252 g/mol. The molecule has 0 heterocycles. The van der Waals surface area contributed by atoms with Gasteiger partial charge in [-0.1, -0.05) is 6.07 Å². The molecule has 2 rings (SSSR count). The zero-order valence-corrected chi connectivity index (χ0v) is 10.1. The molecule has 0 spiro atoms. The lowest BCUT2D eigenvalue weighted by Crippen LogP contribution is -2.01. The highest BCUT2D eigenvalue weighted by Gasteiger charge is 2.15.